The highest BCUT2D eigenvalue weighted by atomic mass is 32.1. The van der Waals surface area contributed by atoms with Gasteiger partial charge in [-0.15, -0.1) is 11.3 Å². The van der Waals surface area contributed by atoms with Crippen LogP contribution >= 0.6 is 11.3 Å². The van der Waals surface area contributed by atoms with Crippen LogP contribution in [0.4, 0.5) is 26.3 Å². The van der Waals surface area contributed by atoms with E-state index in [0.29, 0.717) is 18.6 Å². The van der Waals surface area contributed by atoms with Gasteiger partial charge in [-0.25, -0.2) is 4.98 Å². The molecule has 162 valence electrons. The van der Waals surface area contributed by atoms with Crippen LogP contribution in [0.2, 0.25) is 0 Å². The van der Waals surface area contributed by atoms with Crippen molar-refractivity contribution < 1.29 is 35.6 Å². The van der Waals surface area contributed by atoms with E-state index in [4.69, 9.17) is 4.52 Å². The minimum absolute atomic E-state index is 0.114. The van der Waals surface area contributed by atoms with Gasteiger partial charge >= 0.3 is 12.4 Å². The molecule has 0 N–H and O–H groups in total. The predicted molar refractivity (Wildman–Crippen MR) is 99.5 cm³/mol. The van der Waals surface area contributed by atoms with Crippen LogP contribution in [0.3, 0.4) is 0 Å². The number of ether oxygens (including phenoxy) is 1. The molecule has 0 radical (unpaired) electrons. The van der Waals surface area contributed by atoms with E-state index in [2.05, 4.69) is 19.9 Å². The number of rotatable bonds is 4. The summed E-state index contributed by atoms with van der Waals surface area (Å²) in [5.74, 6) is -1.03. The molecule has 0 aliphatic heterocycles. The van der Waals surface area contributed by atoms with E-state index in [1.165, 1.54) is 11.3 Å². The quantitative estimate of drug-likeness (QED) is 0.332. The molecule has 0 fully saturated rings. The summed E-state index contributed by atoms with van der Waals surface area (Å²) < 4.78 is 88.9. The van der Waals surface area contributed by atoms with Gasteiger partial charge in [-0.3, -0.25) is 0 Å². The van der Waals surface area contributed by atoms with E-state index in [1.54, 1.807) is 23.7 Å². The topological polar surface area (TPSA) is 61.0 Å². The van der Waals surface area contributed by atoms with Crippen LogP contribution in [-0.4, -0.2) is 27.4 Å². The molecule has 2 heterocycles. The third kappa shape index (κ3) is 4.33. The molecule has 0 aliphatic carbocycles. The maximum Gasteiger partial charge on any atom is 0.425 e. The second-order valence-corrected chi connectivity index (χ2v) is 7.35. The lowest BCUT2D eigenvalue weighted by Gasteiger charge is -2.20. The van der Waals surface area contributed by atoms with Gasteiger partial charge in [-0.2, -0.15) is 31.3 Å². The maximum atomic E-state index is 13.4. The van der Waals surface area contributed by atoms with Crippen LogP contribution in [-0.2, 0) is 6.18 Å². The lowest BCUT2D eigenvalue weighted by atomic mass is 10.1. The summed E-state index contributed by atoms with van der Waals surface area (Å²) in [7, 11) is 0. The number of benzene rings is 2. The fourth-order valence-corrected chi connectivity index (χ4v) is 3.41. The van der Waals surface area contributed by atoms with Gasteiger partial charge in [0, 0.05) is 11.1 Å². The minimum atomic E-state index is -4.96. The molecule has 1 atom stereocenters. The van der Waals surface area contributed by atoms with Gasteiger partial charge in [0.2, 0.25) is 5.82 Å². The first-order chi connectivity index (χ1) is 14.5. The van der Waals surface area contributed by atoms with E-state index in [1.807, 2.05) is 0 Å². The van der Waals surface area contributed by atoms with Crippen LogP contribution in [0.25, 0.3) is 33.1 Å². The van der Waals surface area contributed by atoms with Crippen molar-refractivity contribution in [1.82, 2.24) is 15.1 Å². The molecule has 0 amide bonds. The zero-order valence-corrected chi connectivity index (χ0v) is 16.3. The van der Waals surface area contributed by atoms with Crippen molar-refractivity contribution >= 4 is 21.6 Å². The third-order valence-corrected chi connectivity index (χ3v) is 5.10. The van der Waals surface area contributed by atoms with Crippen molar-refractivity contribution in [1.29, 1.82) is 0 Å². The SMILES string of the molecule is CC(Oc1ccc(-c2nc(-c3ccc4ncsc4c3)no2)cc1C(F)(F)F)C(F)(F)F. The Bertz CT molecular complexity index is 1230. The van der Waals surface area contributed by atoms with Gasteiger partial charge in [0.1, 0.15) is 5.75 Å². The van der Waals surface area contributed by atoms with E-state index in [-0.39, 0.29) is 17.3 Å². The number of alkyl halides is 6. The molecule has 4 rings (SSSR count). The van der Waals surface area contributed by atoms with Crippen molar-refractivity contribution in [2.45, 2.75) is 25.4 Å². The predicted octanol–water partition coefficient (Wildman–Crippen LogP) is 6.36. The van der Waals surface area contributed by atoms with Crippen LogP contribution in [0, 0.1) is 0 Å². The lowest BCUT2D eigenvalue weighted by Crippen LogP contribution is -2.31. The summed E-state index contributed by atoms with van der Waals surface area (Å²) >= 11 is 1.40. The first-order valence-corrected chi connectivity index (χ1v) is 9.52. The highest BCUT2D eigenvalue weighted by Crippen LogP contribution is 2.40. The Balaban J connectivity index is 1.68. The second kappa shape index (κ2) is 7.52. The number of aromatic nitrogens is 3. The molecule has 2 aromatic heterocycles. The molecule has 4 aromatic rings. The Kier molecular flexibility index (Phi) is 5.12. The van der Waals surface area contributed by atoms with E-state index < -0.39 is 29.8 Å². The summed E-state index contributed by atoms with van der Waals surface area (Å²) in [6, 6.07) is 7.73. The van der Waals surface area contributed by atoms with Crippen molar-refractivity contribution in [2.75, 3.05) is 0 Å². The number of fused-ring (bicyclic) bond motifs is 1. The minimum Gasteiger partial charge on any atom is -0.481 e. The number of thiazole rings is 1. The molecule has 5 nitrogen and oxygen atoms in total. The second-order valence-electron chi connectivity index (χ2n) is 6.47. The summed E-state index contributed by atoms with van der Waals surface area (Å²) in [5, 5.41) is 3.79. The highest BCUT2D eigenvalue weighted by molar-refractivity contribution is 7.16. The van der Waals surface area contributed by atoms with Crippen molar-refractivity contribution in [3.63, 3.8) is 0 Å². The van der Waals surface area contributed by atoms with Gasteiger partial charge < -0.3 is 9.26 Å². The molecule has 12 heteroatoms. The molecule has 0 saturated heterocycles. The Morgan fingerprint density at radius 2 is 1.74 bits per heavy atom. The maximum absolute atomic E-state index is 13.4. The first-order valence-electron chi connectivity index (χ1n) is 8.64. The van der Waals surface area contributed by atoms with Crippen molar-refractivity contribution in [3.8, 4) is 28.6 Å². The van der Waals surface area contributed by atoms with Crippen molar-refractivity contribution in [3.05, 3.63) is 47.5 Å². The van der Waals surface area contributed by atoms with Crippen molar-refractivity contribution in [2.24, 2.45) is 0 Å². The standard InChI is InChI=1S/C19H11F6N3O2S/c1-9(18(20,21)22)29-14-5-3-11(6-12(14)19(23,24)25)17-27-16(28-30-17)10-2-4-13-15(7-10)31-8-26-13/h2-9H,1H3. The number of hydrogen-bond acceptors (Lipinski definition) is 6. The van der Waals surface area contributed by atoms with Crippen LogP contribution in [0.1, 0.15) is 12.5 Å². The monoisotopic (exact) mass is 459 g/mol. The molecular weight excluding hydrogens is 448 g/mol. The van der Waals surface area contributed by atoms with Gasteiger partial charge in [0.15, 0.2) is 6.10 Å². The fraction of sp³-hybridized carbons (Fsp3) is 0.211. The van der Waals surface area contributed by atoms with Gasteiger partial charge in [0.05, 0.1) is 21.3 Å². The summed E-state index contributed by atoms with van der Waals surface area (Å²) in [4.78, 5) is 8.26. The summed E-state index contributed by atoms with van der Waals surface area (Å²) in [6.45, 7) is 0.623. The molecule has 2 aromatic carbocycles. The summed E-state index contributed by atoms with van der Waals surface area (Å²) in [5.41, 5.74) is 1.51. The Morgan fingerprint density at radius 3 is 2.45 bits per heavy atom. The molecular formula is C19H11F6N3O2S. The van der Waals surface area contributed by atoms with Crippen LogP contribution in [0.5, 0.6) is 5.75 Å². The molecule has 0 bridgehead atoms. The Labute approximate surface area is 174 Å². The van der Waals surface area contributed by atoms with Gasteiger partial charge in [0.25, 0.3) is 5.89 Å². The van der Waals surface area contributed by atoms with E-state index >= 15 is 0 Å². The average Bonchev–Trinajstić information content (AvgIpc) is 3.35. The lowest BCUT2D eigenvalue weighted by molar-refractivity contribution is -0.191. The smallest absolute Gasteiger partial charge is 0.425 e. The first kappa shape index (κ1) is 21.1. The number of hydrogen-bond donors (Lipinski definition) is 0. The molecule has 0 aliphatic rings. The van der Waals surface area contributed by atoms with E-state index in [9.17, 15) is 26.3 Å². The average molecular weight is 459 g/mol. The zero-order valence-electron chi connectivity index (χ0n) is 15.5. The largest absolute Gasteiger partial charge is 0.481 e. The van der Waals surface area contributed by atoms with Crippen LogP contribution < -0.4 is 4.74 Å². The third-order valence-electron chi connectivity index (χ3n) is 4.31. The Morgan fingerprint density at radius 1 is 1.00 bits per heavy atom. The van der Waals surface area contributed by atoms with E-state index in [0.717, 1.165) is 22.3 Å². The molecule has 0 spiro atoms. The molecule has 0 saturated carbocycles. The van der Waals surface area contributed by atoms with Crippen LogP contribution in [0.15, 0.2) is 46.4 Å². The normalized spacial score (nSPS) is 13.5. The molecule has 1 unspecified atom stereocenters. The fourth-order valence-electron chi connectivity index (χ4n) is 2.70. The highest BCUT2D eigenvalue weighted by Gasteiger charge is 2.41. The Hall–Kier alpha value is -3.15. The summed E-state index contributed by atoms with van der Waals surface area (Å²) in [6.07, 6.45) is -12.2. The van der Waals surface area contributed by atoms with Gasteiger partial charge in [-0.1, -0.05) is 5.16 Å². The van der Waals surface area contributed by atoms with Gasteiger partial charge in [-0.05, 0) is 43.3 Å². The number of halogens is 6. The zero-order chi connectivity index (χ0) is 22.4. The number of nitrogens with zero attached hydrogens (tertiary/aromatic N) is 3. The molecule has 31 heavy (non-hydrogen) atoms.